The summed E-state index contributed by atoms with van der Waals surface area (Å²) in [4.78, 5) is 0. The SMILES string of the molecule is C=CCCC(NCCC)c1c(C)cccc1C. The second-order valence-electron chi connectivity index (χ2n) is 4.68. The fraction of sp³-hybridized carbons (Fsp3) is 0.500. The Labute approximate surface area is 106 Å². The van der Waals surface area contributed by atoms with E-state index in [1.807, 2.05) is 6.08 Å². The average Bonchev–Trinajstić information content (AvgIpc) is 2.31. The standard InChI is InChI=1S/C16H25N/c1-5-7-11-15(17-12-6-2)16-13(3)9-8-10-14(16)4/h5,8-10,15,17H,1,6-7,11-12H2,2-4H3. The number of nitrogens with one attached hydrogen (secondary N) is 1. The molecule has 0 spiro atoms. The third-order valence-electron chi connectivity index (χ3n) is 3.19. The molecule has 0 aliphatic rings. The summed E-state index contributed by atoms with van der Waals surface area (Å²) in [5.41, 5.74) is 4.26. The van der Waals surface area contributed by atoms with Crippen LogP contribution in [0.15, 0.2) is 30.9 Å². The van der Waals surface area contributed by atoms with Crippen molar-refractivity contribution in [2.45, 2.75) is 46.1 Å². The van der Waals surface area contributed by atoms with E-state index in [-0.39, 0.29) is 0 Å². The van der Waals surface area contributed by atoms with Gasteiger partial charge in [-0.1, -0.05) is 31.2 Å². The predicted octanol–water partition coefficient (Wildman–Crippen LogP) is 4.31. The van der Waals surface area contributed by atoms with Crippen LogP contribution in [-0.4, -0.2) is 6.54 Å². The van der Waals surface area contributed by atoms with Crippen LogP contribution < -0.4 is 5.32 Å². The van der Waals surface area contributed by atoms with Crippen LogP contribution >= 0.6 is 0 Å². The van der Waals surface area contributed by atoms with Crippen molar-refractivity contribution in [1.82, 2.24) is 5.32 Å². The largest absolute Gasteiger partial charge is 0.310 e. The second kappa shape index (κ2) is 7.29. The van der Waals surface area contributed by atoms with Crippen molar-refractivity contribution in [3.05, 3.63) is 47.5 Å². The van der Waals surface area contributed by atoms with Crippen LogP contribution in [-0.2, 0) is 0 Å². The molecule has 1 nitrogen and oxygen atoms in total. The van der Waals surface area contributed by atoms with Crippen molar-refractivity contribution in [3.8, 4) is 0 Å². The quantitative estimate of drug-likeness (QED) is 0.689. The Morgan fingerprint density at radius 3 is 2.47 bits per heavy atom. The Bertz CT molecular complexity index is 334. The molecule has 1 rings (SSSR count). The maximum absolute atomic E-state index is 3.82. The van der Waals surface area contributed by atoms with E-state index >= 15 is 0 Å². The lowest BCUT2D eigenvalue weighted by molar-refractivity contribution is 0.499. The Kier molecular flexibility index (Phi) is 5.99. The fourth-order valence-electron chi connectivity index (χ4n) is 2.33. The summed E-state index contributed by atoms with van der Waals surface area (Å²) < 4.78 is 0. The molecule has 1 aromatic rings. The van der Waals surface area contributed by atoms with E-state index in [2.05, 4.69) is 50.9 Å². The van der Waals surface area contributed by atoms with Crippen molar-refractivity contribution < 1.29 is 0 Å². The van der Waals surface area contributed by atoms with Gasteiger partial charge in [-0.15, -0.1) is 6.58 Å². The second-order valence-corrected chi connectivity index (χ2v) is 4.68. The number of aryl methyl sites for hydroxylation is 2. The maximum atomic E-state index is 3.82. The third kappa shape index (κ3) is 4.01. The van der Waals surface area contributed by atoms with Gasteiger partial charge in [-0.05, 0) is 56.3 Å². The fourth-order valence-corrected chi connectivity index (χ4v) is 2.33. The van der Waals surface area contributed by atoms with Crippen molar-refractivity contribution in [3.63, 3.8) is 0 Å². The molecule has 0 radical (unpaired) electrons. The van der Waals surface area contributed by atoms with Crippen LogP contribution in [0.4, 0.5) is 0 Å². The molecular weight excluding hydrogens is 206 g/mol. The van der Waals surface area contributed by atoms with Gasteiger partial charge < -0.3 is 5.32 Å². The van der Waals surface area contributed by atoms with Crippen LogP contribution in [0.1, 0.15) is 48.9 Å². The molecular formula is C16H25N. The van der Waals surface area contributed by atoms with Gasteiger partial charge in [0.25, 0.3) is 0 Å². The topological polar surface area (TPSA) is 12.0 Å². The van der Waals surface area contributed by atoms with E-state index in [1.165, 1.54) is 23.1 Å². The molecule has 0 amide bonds. The molecule has 0 bridgehead atoms. The van der Waals surface area contributed by atoms with Crippen molar-refractivity contribution >= 4 is 0 Å². The van der Waals surface area contributed by atoms with Crippen molar-refractivity contribution in [2.24, 2.45) is 0 Å². The molecule has 1 aromatic carbocycles. The number of allylic oxidation sites excluding steroid dienone is 1. The van der Waals surface area contributed by atoms with Gasteiger partial charge in [-0.2, -0.15) is 0 Å². The average molecular weight is 231 g/mol. The highest BCUT2D eigenvalue weighted by Gasteiger charge is 2.14. The highest BCUT2D eigenvalue weighted by Crippen LogP contribution is 2.25. The van der Waals surface area contributed by atoms with Crippen LogP contribution in [0.2, 0.25) is 0 Å². The summed E-state index contributed by atoms with van der Waals surface area (Å²) in [6.45, 7) is 11.5. The summed E-state index contributed by atoms with van der Waals surface area (Å²) >= 11 is 0. The highest BCUT2D eigenvalue weighted by molar-refractivity contribution is 5.36. The molecule has 0 aliphatic heterocycles. The van der Waals surface area contributed by atoms with Crippen LogP contribution in [0.5, 0.6) is 0 Å². The molecule has 0 fully saturated rings. The number of hydrogen-bond acceptors (Lipinski definition) is 1. The summed E-state index contributed by atoms with van der Waals surface area (Å²) in [6.07, 6.45) is 5.38. The number of benzene rings is 1. The van der Waals surface area contributed by atoms with Crippen LogP contribution in [0, 0.1) is 13.8 Å². The minimum atomic E-state index is 0.467. The molecule has 1 N–H and O–H groups in total. The Morgan fingerprint density at radius 2 is 1.94 bits per heavy atom. The molecule has 1 unspecified atom stereocenters. The zero-order valence-electron chi connectivity index (χ0n) is 11.4. The first-order valence-corrected chi connectivity index (χ1v) is 6.61. The Hall–Kier alpha value is -1.08. The molecule has 94 valence electrons. The molecule has 0 saturated heterocycles. The van der Waals surface area contributed by atoms with E-state index in [0.717, 1.165) is 19.4 Å². The minimum absolute atomic E-state index is 0.467. The predicted molar refractivity (Wildman–Crippen MR) is 76.4 cm³/mol. The molecule has 0 aliphatic carbocycles. The first kappa shape index (κ1) is 14.0. The molecule has 0 heterocycles. The number of hydrogen-bond donors (Lipinski definition) is 1. The van der Waals surface area contributed by atoms with Gasteiger partial charge in [0.05, 0.1) is 0 Å². The van der Waals surface area contributed by atoms with E-state index in [9.17, 15) is 0 Å². The third-order valence-corrected chi connectivity index (χ3v) is 3.19. The monoisotopic (exact) mass is 231 g/mol. The van der Waals surface area contributed by atoms with Crippen LogP contribution in [0.3, 0.4) is 0 Å². The molecule has 1 heteroatoms. The van der Waals surface area contributed by atoms with Gasteiger partial charge >= 0.3 is 0 Å². The summed E-state index contributed by atoms with van der Waals surface area (Å²) in [6, 6.07) is 7.01. The zero-order chi connectivity index (χ0) is 12.7. The minimum Gasteiger partial charge on any atom is -0.310 e. The van der Waals surface area contributed by atoms with E-state index in [0.29, 0.717) is 6.04 Å². The lowest BCUT2D eigenvalue weighted by Crippen LogP contribution is -2.23. The van der Waals surface area contributed by atoms with Gasteiger partial charge in [0, 0.05) is 6.04 Å². The van der Waals surface area contributed by atoms with Gasteiger partial charge in [-0.3, -0.25) is 0 Å². The van der Waals surface area contributed by atoms with Crippen molar-refractivity contribution in [1.29, 1.82) is 0 Å². The first-order valence-electron chi connectivity index (χ1n) is 6.61. The lowest BCUT2D eigenvalue weighted by atomic mass is 9.93. The van der Waals surface area contributed by atoms with E-state index in [4.69, 9.17) is 0 Å². The summed E-state index contributed by atoms with van der Waals surface area (Å²) in [5, 5.41) is 3.65. The zero-order valence-corrected chi connectivity index (χ0v) is 11.4. The van der Waals surface area contributed by atoms with Crippen molar-refractivity contribution in [2.75, 3.05) is 6.54 Å². The summed E-state index contributed by atoms with van der Waals surface area (Å²) in [5.74, 6) is 0. The molecule has 0 aromatic heterocycles. The normalized spacial score (nSPS) is 12.4. The molecule has 17 heavy (non-hydrogen) atoms. The highest BCUT2D eigenvalue weighted by atomic mass is 14.9. The molecule has 0 saturated carbocycles. The molecule has 1 atom stereocenters. The van der Waals surface area contributed by atoms with E-state index < -0.39 is 0 Å². The van der Waals surface area contributed by atoms with Gasteiger partial charge in [0.2, 0.25) is 0 Å². The van der Waals surface area contributed by atoms with E-state index in [1.54, 1.807) is 0 Å². The van der Waals surface area contributed by atoms with Gasteiger partial charge in [0.15, 0.2) is 0 Å². The first-order chi connectivity index (χ1) is 8.20. The lowest BCUT2D eigenvalue weighted by Gasteiger charge is -2.22. The smallest absolute Gasteiger partial charge is 0.0328 e. The maximum Gasteiger partial charge on any atom is 0.0328 e. The van der Waals surface area contributed by atoms with Crippen LogP contribution in [0.25, 0.3) is 0 Å². The van der Waals surface area contributed by atoms with Gasteiger partial charge in [-0.25, -0.2) is 0 Å². The Morgan fingerprint density at radius 1 is 1.29 bits per heavy atom. The Balaban J connectivity index is 2.90. The summed E-state index contributed by atoms with van der Waals surface area (Å²) in [7, 11) is 0. The van der Waals surface area contributed by atoms with Gasteiger partial charge in [0.1, 0.15) is 0 Å². The number of rotatable bonds is 7.